The summed E-state index contributed by atoms with van der Waals surface area (Å²) in [6, 6.07) is 8.84. The zero-order valence-electron chi connectivity index (χ0n) is 13.7. The summed E-state index contributed by atoms with van der Waals surface area (Å²) in [4.78, 5) is 13.5. The van der Waals surface area contributed by atoms with Gasteiger partial charge in [-0.1, -0.05) is 23.7 Å². The molecule has 130 valence electrons. The number of hydrogen-bond donors (Lipinski definition) is 1. The Kier molecular flexibility index (Phi) is 6.03. The van der Waals surface area contributed by atoms with Crippen LogP contribution in [0.2, 0.25) is 4.34 Å². The molecule has 0 fully saturated rings. The van der Waals surface area contributed by atoms with E-state index in [0.717, 1.165) is 28.2 Å². The van der Waals surface area contributed by atoms with Crippen LogP contribution < -0.4 is 9.62 Å². The second-order valence-electron chi connectivity index (χ2n) is 5.42. The second-order valence-corrected chi connectivity index (χ2v) is 9.13. The first-order chi connectivity index (χ1) is 11.2. The van der Waals surface area contributed by atoms with E-state index in [0.29, 0.717) is 4.34 Å². The van der Waals surface area contributed by atoms with Gasteiger partial charge in [0.05, 0.1) is 4.34 Å². The molecule has 8 heteroatoms. The maximum absolute atomic E-state index is 12.2. The Morgan fingerprint density at radius 2 is 1.96 bits per heavy atom. The van der Waals surface area contributed by atoms with Crippen molar-refractivity contribution in [2.75, 3.05) is 18.0 Å². The van der Waals surface area contributed by atoms with E-state index in [4.69, 9.17) is 11.6 Å². The maximum atomic E-state index is 12.2. The predicted molar refractivity (Wildman–Crippen MR) is 98.5 cm³/mol. The van der Waals surface area contributed by atoms with Gasteiger partial charge in [0.15, 0.2) is 0 Å². The van der Waals surface area contributed by atoms with E-state index >= 15 is 0 Å². The summed E-state index contributed by atoms with van der Waals surface area (Å²) < 4.78 is 27.5. The Bertz CT molecular complexity index is 847. The number of carbonyl (C=O) groups excluding carboxylic acids is 1. The van der Waals surface area contributed by atoms with Gasteiger partial charge in [-0.15, -0.1) is 11.3 Å². The lowest BCUT2D eigenvalue weighted by molar-refractivity contribution is -0.116. The molecule has 0 spiro atoms. The molecular weight excluding hydrogens is 368 g/mol. The minimum absolute atomic E-state index is 0.116. The molecule has 0 saturated carbocycles. The number of carbonyl (C=O) groups is 1. The number of rotatable bonds is 6. The quantitative estimate of drug-likeness (QED) is 0.827. The number of anilines is 1. The summed E-state index contributed by atoms with van der Waals surface area (Å²) in [5, 5.41) is 0. The number of halogens is 1. The van der Waals surface area contributed by atoms with E-state index in [1.807, 2.05) is 32.0 Å². The fraction of sp³-hybridized carbons (Fsp3) is 0.312. The largest absolute Gasteiger partial charge is 0.311 e. The highest BCUT2D eigenvalue weighted by atomic mass is 35.5. The molecule has 0 radical (unpaired) electrons. The fourth-order valence-electron chi connectivity index (χ4n) is 2.26. The van der Waals surface area contributed by atoms with E-state index in [-0.39, 0.29) is 23.2 Å². The smallest absolute Gasteiger partial charge is 0.250 e. The highest BCUT2D eigenvalue weighted by molar-refractivity contribution is 7.91. The molecule has 0 saturated heterocycles. The molecule has 1 aromatic heterocycles. The summed E-state index contributed by atoms with van der Waals surface area (Å²) in [5.41, 5.74) is 2.79. The number of thiophene rings is 1. The predicted octanol–water partition coefficient (Wildman–Crippen LogP) is 3.35. The number of amides is 1. The highest BCUT2D eigenvalue weighted by Gasteiger charge is 2.18. The molecule has 0 aliphatic carbocycles. The minimum atomic E-state index is -3.62. The van der Waals surface area contributed by atoms with E-state index in [1.54, 1.807) is 11.0 Å². The summed E-state index contributed by atoms with van der Waals surface area (Å²) in [6.45, 7) is 5.70. The van der Waals surface area contributed by atoms with Crippen molar-refractivity contribution in [1.29, 1.82) is 0 Å². The summed E-state index contributed by atoms with van der Waals surface area (Å²) >= 11 is 6.77. The first-order valence-corrected chi connectivity index (χ1v) is 9.99. The SMILES string of the molecule is CC(=O)N(CCNS(=O)(=O)c1ccc(Cl)s1)c1cc(C)ccc1C. The van der Waals surface area contributed by atoms with Gasteiger partial charge in [0.1, 0.15) is 4.21 Å². The Hall–Kier alpha value is -1.41. The zero-order chi connectivity index (χ0) is 17.9. The molecule has 0 bridgehead atoms. The summed E-state index contributed by atoms with van der Waals surface area (Å²) in [5.74, 6) is -0.137. The van der Waals surface area contributed by atoms with Gasteiger partial charge in [-0.25, -0.2) is 13.1 Å². The third-order valence-electron chi connectivity index (χ3n) is 3.48. The lowest BCUT2D eigenvalue weighted by Crippen LogP contribution is -2.37. The van der Waals surface area contributed by atoms with Crippen molar-refractivity contribution in [2.45, 2.75) is 25.0 Å². The van der Waals surface area contributed by atoms with E-state index in [1.165, 1.54) is 13.0 Å². The standard InChI is InChI=1S/C16H19ClN2O3S2/c1-11-4-5-12(2)14(10-11)19(13(3)20)9-8-18-24(21,22)16-7-6-15(17)23-16/h4-7,10,18H,8-9H2,1-3H3. The molecule has 1 aromatic carbocycles. The topological polar surface area (TPSA) is 66.5 Å². The molecule has 1 N–H and O–H groups in total. The normalized spacial score (nSPS) is 11.5. The number of nitrogens with zero attached hydrogens (tertiary/aromatic N) is 1. The monoisotopic (exact) mass is 386 g/mol. The average molecular weight is 387 g/mol. The molecule has 1 heterocycles. The van der Waals surface area contributed by atoms with Gasteiger partial charge in [-0.3, -0.25) is 4.79 Å². The Balaban J connectivity index is 2.10. The summed E-state index contributed by atoms with van der Waals surface area (Å²) in [7, 11) is -3.62. The van der Waals surface area contributed by atoms with Crippen molar-refractivity contribution >= 4 is 44.6 Å². The molecular formula is C16H19ClN2O3S2. The minimum Gasteiger partial charge on any atom is -0.311 e. The van der Waals surface area contributed by atoms with E-state index in [2.05, 4.69) is 4.72 Å². The molecule has 5 nitrogen and oxygen atoms in total. The van der Waals surface area contributed by atoms with Crippen molar-refractivity contribution in [1.82, 2.24) is 4.72 Å². The molecule has 1 amide bonds. The third-order valence-corrected chi connectivity index (χ3v) is 6.66. The molecule has 24 heavy (non-hydrogen) atoms. The van der Waals surface area contributed by atoms with Crippen molar-refractivity contribution in [3.8, 4) is 0 Å². The van der Waals surface area contributed by atoms with Gasteiger partial charge >= 0.3 is 0 Å². The maximum Gasteiger partial charge on any atom is 0.250 e. The van der Waals surface area contributed by atoms with Crippen LogP contribution in [0.3, 0.4) is 0 Å². The van der Waals surface area contributed by atoms with Crippen LogP contribution in [0.4, 0.5) is 5.69 Å². The number of aryl methyl sites for hydroxylation is 2. The Morgan fingerprint density at radius 3 is 2.54 bits per heavy atom. The van der Waals surface area contributed by atoms with Crippen LogP contribution in [0, 0.1) is 13.8 Å². The van der Waals surface area contributed by atoms with Crippen LogP contribution in [0.5, 0.6) is 0 Å². The molecule has 2 aromatic rings. The molecule has 0 unspecified atom stereocenters. The molecule has 2 rings (SSSR count). The van der Waals surface area contributed by atoms with Gasteiger partial charge < -0.3 is 4.90 Å². The van der Waals surface area contributed by atoms with Crippen molar-refractivity contribution in [3.63, 3.8) is 0 Å². The van der Waals surface area contributed by atoms with Crippen LogP contribution in [-0.4, -0.2) is 27.4 Å². The van der Waals surface area contributed by atoms with Gasteiger partial charge in [0.25, 0.3) is 0 Å². The lowest BCUT2D eigenvalue weighted by atomic mass is 10.1. The Labute approximate surface area is 151 Å². The highest BCUT2D eigenvalue weighted by Crippen LogP contribution is 2.25. The zero-order valence-corrected chi connectivity index (χ0v) is 16.1. The van der Waals surface area contributed by atoms with Crippen molar-refractivity contribution in [3.05, 3.63) is 45.8 Å². The van der Waals surface area contributed by atoms with E-state index < -0.39 is 10.0 Å². The van der Waals surface area contributed by atoms with Gasteiger partial charge in [-0.05, 0) is 43.2 Å². The second kappa shape index (κ2) is 7.65. The first kappa shape index (κ1) is 18.9. The van der Waals surface area contributed by atoms with Crippen molar-refractivity contribution in [2.24, 2.45) is 0 Å². The van der Waals surface area contributed by atoms with Crippen LogP contribution in [0.1, 0.15) is 18.1 Å². The van der Waals surface area contributed by atoms with Gasteiger partial charge in [0, 0.05) is 25.7 Å². The van der Waals surface area contributed by atoms with Crippen LogP contribution in [0.15, 0.2) is 34.5 Å². The number of sulfonamides is 1. The summed E-state index contributed by atoms with van der Waals surface area (Å²) in [6.07, 6.45) is 0. The molecule has 0 aliphatic rings. The van der Waals surface area contributed by atoms with Gasteiger partial charge in [-0.2, -0.15) is 0 Å². The van der Waals surface area contributed by atoms with E-state index in [9.17, 15) is 13.2 Å². The Morgan fingerprint density at radius 1 is 1.25 bits per heavy atom. The van der Waals surface area contributed by atoms with Crippen molar-refractivity contribution < 1.29 is 13.2 Å². The lowest BCUT2D eigenvalue weighted by Gasteiger charge is -2.23. The molecule has 0 atom stereocenters. The molecule has 0 aliphatic heterocycles. The average Bonchev–Trinajstić information content (AvgIpc) is 2.93. The fourth-order valence-corrected chi connectivity index (χ4v) is 4.81. The van der Waals surface area contributed by atoms with Gasteiger partial charge in [0.2, 0.25) is 15.9 Å². The number of hydrogen-bond acceptors (Lipinski definition) is 4. The third kappa shape index (κ3) is 4.57. The van der Waals surface area contributed by atoms with Crippen LogP contribution in [0.25, 0.3) is 0 Å². The number of nitrogens with one attached hydrogen (secondary N) is 1. The van der Waals surface area contributed by atoms with Crippen LogP contribution >= 0.6 is 22.9 Å². The van der Waals surface area contributed by atoms with Crippen LogP contribution in [-0.2, 0) is 14.8 Å². The first-order valence-electron chi connectivity index (χ1n) is 7.31. The number of benzene rings is 1.